The molecule has 2 atom stereocenters. The molecule has 2 amide bonds. The maximum absolute atomic E-state index is 12.7. The zero-order valence-electron chi connectivity index (χ0n) is 13.0. The van der Waals surface area contributed by atoms with Crippen molar-refractivity contribution in [1.29, 1.82) is 0 Å². The smallest absolute Gasteiger partial charge is 0.228 e. The zero-order chi connectivity index (χ0) is 15.7. The van der Waals surface area contributed by atoms with Gasteiger partial charge in [-0.3, -0.25) is 9.59 Å². The Morgan fingerprint density at radius 1 is 1.35 bits per heavy atom. The molecule has 0 bridgehead atoms. The maximum Gasteiger partial charge on any atom is 0.228 e. The van der Waals surface area contributed by atoms with Crippen LogP contribution < -0.4 is 10.2 Å². The first kappa shape index (κ1) is 18.0. The fraction of sp³-hybridized carbons (Fsp3) is 0.500. The van der Waals surface area contributed by atoms with E-state index >= 15 is 0 Å². The van der Waals surface area contributed by atoms with E-state index in [4.69, 9.17) is 11.6 Å². The lowest BCUT2D eigenvalue weighted by molar-refractivity contribution is -0.138. The molecular formula is C16H21Cl2N3O2. The van der Waals surface area contributed by atoms with Crippen LogP contribution >= 0.6 is 24.0 Å². The van der Waals surface area contributed by atoms with Crippen molar-refractivity contribution < 1.29 is 9.59 Å². The summed E-state index contributed by atoms with van der Waals surface area (Å²) in [6.07, 6.45) is 0.265. The first-order valence-corrected chi connectivity index (χ1v) is 8.02. The number of anilines is 1. The molecule has 1 N–H and O–H groups in total. The van der Waals surface area contributed by atoms with Crippen molar-refractivity contribution in [3.05, 3.63) is 29.3 Å². The number of para-hydroxylation sites is 1. The van der Waals surface area contributed by atoms with E-state index in [2.05, 4.69) is 5.32 Å². The van der Waals surface area contributed by atoms with E-state index in [0.717, 1.165) is 13.1 Å². The van der Waals surface area contributed by atoms with Crippen LogP contribution in [-0.4, -0.2) is 48.9 Å². The second kappa shape index (κ2) is 7.51. The van der Waals surface area contributed by atoms with E-state index < -0.39 is 0 Å². The number of hydrogen-bond acceptors (Lipinski definition) is 3. The van der Waals surface area contributed by atoms with Gasteiger partial charge in [-0.05, 0) is 19.1 Å². The van der Waals surface area contributed by atoms with Gasteiger partial charge in [-0.25, -0.2) is 0 Å². The Balaban J connectivity index is 0.00000192. The van der Waals surface area contributed by atoms with Crippen LogP contribution in [0.25, 0.3) is 0 Å². The number of halogens is 2. The van der Waals surface area contributed by atoms with Gasteiger partial charge in [-0.1, -0.05) is 23.7 Å². The van der Waals surface area contributed by atoms with E-state index in [0.29, 0.717) is 23.8 Å². The molecule has 2 heterocycles. The molecule has 0 aliphatic carbocycles. The Morgan fingerprint density at radius 2 is 2.09 bits per heavy atom. The van der Waals surface area contributed by atoms with Crippen molar-refractivity contribution in [3.63, 3.8) is 0 Å². The van der Waals surface area contributed by atoms with Gasteiger partial charge < -0.3 is 15.1 Å². The zero-order valence-corrected chi connectivity index (χ0v) is 14.6. The summed E-state index contributed by atoms with van der Waals surface area (Å²) < 4.78 is 0. The molecule has 1 aromatic carbocycles. The van der Waals surface area contributed by atoms with Gasteiger partial charge in [-0.15, -0.1) is 12.4 Å². The minimum Gasteiger partial charge on any atom is -0.337 e. The van der Waals surface area contributed by atoms with Gasteiger partial charge in [-0.2, -0.15) is 0 Å². The fourth-order valence-corrected chi connectivity index (χ4v) is 3.42. The van der Waals surface area contributed by atoms with E-state index in [-0.39, 0.29) is 42.6 Å². The number of hydrogen-bond donors (Lipinski definition) is 1. The van der Waals surface area contributed by atoms with Gasteiger partial charge in [0.05, 0.1) is 16.6 Å². The number of piperazine rings is 1. The lowest BCUT2D eigenvalue weighted by Gasteiger charge is -2.35. The lowest BCUT2D eigenvalue weighted by atomic mass is 10.1. The summed E-state index contributed by atoms with van der Waals surface area (Å²) in [6.45, 7) is 4.77. The number of carbonyl (C=O) groups is 2. The van der Waals surface area contributed by atoms with Crippen LogP contribution in [0.2, 0.25) is 5.02 Å². The van der Waals surface area contributed by atoms with Gasteiger partial charge in [0.2, 0.25) is 11.8 Å². The van der Waals surface area contributed by atoms with Crippen molar-refractivity contribution in [1.82, 2.24) is 10.2 Å². The lowest BCUT2D eigenvalue weighted by Crippen LogP contribution is -2.54. The SMILES string of the molecule is C[C@@H]1CNCCN1C(=O)C1CC(=O)N(c2ccccc2Cl)C1.Cl. The minimum atomic E-state index is -0.274. The highest BCUT2D eigenvalue weighted by molar-refractivity contribution is 6.33. The van der Waals surface area contributed by atoms with Crippen molar-refractivity contribution in [2.75, 3.05) is 31.1 Å². The minimum absolute atomic E-state index is 0. The van der Waals surface area contributed by atoms with Crippen molar-refractivity contribution >= 4 is 41.5 Å². The molecule has 3 rings (SSSR count). The predicted molar refractivity (Wildman–Crippen MR) is 93.2 cm³/mol. The van der Waals surface area contributed by atoms with Crippen LogP contribution in [0.3, 0.4) is 0 Å². The van der Waals surface area contributed by atoms with Gasteiger partial charge in [0.1, 0.15) is 0 Å². The molecule has 126 valence electrons. The molecular weight excluding hydrogens is 337 g/mol. The van der Waals surface area contributed by atoms with E-state index in [1.165, 1.54) is 0 Å². The molecule has 2 aliphatic heterocycles. The van der Waals surface area contributed by atoms with E-state index in [9.17, 15) is 9.59 Å². The van der Waals surface area contributed by atoms with Crippen LogP contribution in [-0.2, 0) is 9.59 Å². The number of amides is 2. The quantitative estimate of drug-likeness (QED) is 0.879. The number of nitrogens with zero attached hydrogens (tertiary/aromatic N) is 2. The van der Waals surface area contributed by atoms with Crippen molar-refractivity contribution in [3.8, 4) is 0 Å². The van der Waals surface area contributed by atoms with Gasteiger partial charge in [0, 0.05) is 38.6 Å². The second-order valence-corrected chi connectivity index (χ2v) is 6.35. The molecule has 2 fully saturated rings. The van der Waals surface area contributed by atoms with Crippen molar-refractivity contribution in [2.45, 2.75) is 19.4 Å². The van der Waals surface area contributed by atoms with Gasteiger partial charge >= 0.3 is 0 Å². The average molecular weight is 358 g/mol. The third kappa shape index (κ3) is 3.62. The molecule has 2 aliphatic rings. The molecule has 23 heavy (non-hydrogen) atoms. The normalized spacial score (nSPS) is 24.5. The first-order valence-electron chi connectivity index (χ1n) is 7.64. The summed E-state index contributed by atoms with van der Waals surface area (Å²) in [5.74, 6) is -0.226. The molecule has 0 saturated carbocycles. The molecule has 2 saturated heterocycles. The summed E-state index contributed by atoms with van der Waals surface area (Å²) in [5, 5.41) is 3.81. The Bertz CT molecular complexity index is 596. The average Bonchev–Trinajstić information content (AvgIpc) is 2.89. The van der Waals surface area contributed by atoms with Gasteiger partial charge in [0.25, 0.3) is 0 Å². The monoisotopic (exact) mass is 357 g/mol. The molecule has 0 aromatic heterocycles. The highest BCUT2D eigenvalue weighted by Gasteiger charge is 2.39. The molecule has 0 radical (unpaired) electrons. The Labute approximate surface area is 147 Å². The van der Waals surface area contributed by atoms with Crippen LogP contribution in [0.5, 0.6) is 0 Å². The molecule has 1 unspecified atom stereocenters. The third-order valence-corrected chi connectivity index (χ3v) is 4.72. The molecule has 5 nitrogen and oxygen atoms in total. The summed E-state index contributed by atoms with van der Waals surface area (Å²) in [7, 11) is 0. The molecule has 0 spiro atoms. The first-order chi connectivity index (χ1) is 10.6. The van der Waals surface area contributed by atoms with Crippen LogP contribution in [0.4, 0.5) is 5.69 Å². The Hall–Kier alpha value is -1.30. The Kier molecular flexibility index (Phi) is 5.89. The molecule has 7 heteroatoms. The number of benzene rings is 1. The van der Waals surface area contributed by atoms with Crippen molar-refractivity contribution in [2.24, 2.45) is 5.92 Å². The highest BCUT2D eigenvalue weighted by Crippen LogP contribution is 2.31. The maximum atomic E-state index is 12.7. The topological polar surface area (TPSA) is 52.7 Å². The van der Waals surface area contributed by atoms with Crippen LogP contribution in [0.1, 0.15) is 13.3 Å². The Morgan fingerprint density at radius 3 is 2.78 bits per heavy atom. The van der Waals surface area contributed by atoms with Gasteiger partial charge in [0.15, 0.2) is 0 Å². The standard InChI is InChI=1S/C16H20ClN3O2.ClH/c1-11-9-18-6-7-19(11)16(22)12-8-15(21)20(10-12)14-5-3-2-4-13(14)17;/h2-5,11-12,18H,6-10H2,1H3;1H/t11-,12?;/m1./s1. The number of carbonyl (C=O) groups excluding carboxylic acids is 2. The number of rotatable bonds is 2. The summed E-state index contributed by atoms with van der Waals surface area (Å²) >= 11 is 6.17. The predicted octanol–water partition coefficient (Wildman–Crippen LogP) is 1.94. The van der Waals surface area contributed by atoms with Crippen LogP contribution in [0, 0.1) is 5.92 Å². The van der Waals surface area contributed by atoms with Crippen LogP contribution in [0.15, 0.2) is 24.3 Å². The van der Waals surface area contributed by atoms with E-state index in [1.807, 2.05) is 30.0 Å². The third-order valence-electron chi connectivity index (χ3n) is 4.40. The number of nitrogens with one attached hydrogen (secondary N) is 1. The summed E-state index contributed by atoms with van der Waals surface area (Å²) in [4.78, 5) is 28.5. The molecule has 1 aromatic rings. The fourth-order valence-electron chi connectivity index (χ4n) is 3.18. The van der Waals surface area contributed by atoms with E-state index in [1.54, 1.807) is 11.0 Å². The highest BCUT2D eigenvalue weighted by atomic mass is 35.5. The second-order valence-electron chi connectivity index (χ2n) is 5.94. The summed E-state index contributed by atoms with van der Waals surface area (Å²) in [5.41, 5.74) is 0.692. The summed E-state index contributed by atoms with van der Waals surface area (Å²) in [6, 6.07) is 7.43. The largest absolute Gasteiger partial charge is 0.337 e.